The van der Waals surface area contributed by atoms with Crippen LogP contribution < -0.4 is 0 Å². The Morgan fingerprint density at radius 3 is 2.40 bits per heavy atom. The molecule has 1 fully saturated rings. The summed E-state index contributed by atoms with van der Waals surface area (Å²) in [6, 6.07) is 10.5. The number of carbonyl (C=O) groups excluding carboxylic acids is 1. The Kier molecular flexibility index (Phi) is 6.51. The van der Waals surface area contributed by atoms with E-state index in [1.54, 1.807) is 13.4 Å². The number of carbonyl (C=O) groups is 1. The fourth-order valence-corrected chi connectivity index (χ4v) is 3.21. The summed E-state index contributed by atoms with van der Waals surface area (Å²) in [7, 11) is 1.68. The van der Waals surface area contributed by atoms with Crippen molar-refractivity contribution in [2.45, 2.75) is 52.1 Å². The zero-order valence-corrected chi connectivity index (χ0v) is 16.0. The zero-order valence-electron chi connectivity index (χ0n) is 16.0. The molecule has 0 bridgehead atoms. The maximum atomic E-state index is 12.3. The Morgan fingerprint density at radius 2 is 1.84 bits per heavy atom. The predicted octanol–water partition coefficient (Wildman–Crippen LogP) is 4.80. The number of aryl methyl sites for hydroxylation is 1. The minimum atomic E-state index is -0.450. The largest absolute Gasteiger partial charge is 0.505 e. The molecule has 4 heteroatoms. The number of likely N-dealkylation sites (tertiary alicyclic amines) is 1. The number of hydrogen-bond acceptors (Lipinski definition) is 3. The van der Waals surface area contributed by atoms with Gasteiger partial charge in [-0.15, -0.1) is 0 Å². The summed E-state index contributed by atoms with van der Waals surface area (Å²) in [6.07, 6.45) is 7.70. The molecule has 0 radical (unpaired) electrons. The molecule has 4 nitrogen and oxygen atoms in total. The van der Waals surface area contributed by atoms with E-state index in [2.05, 4.69) is 30.3 Å². The number of nitrogens with zero attached hydrogens (tertiary/aromatic N) is 1. The van der Waals surface area contributed by atoms with E-state index in [9.17, 15) is 4.79 Å². The second-order valence-corrected chi connectivity index (χ2v) is 7.85. The minimum absolute atomic E-state index is 0.0738. The molecular weight excluding hydrogens is 314 g/mol. The molecule has 0 N–H and O–H groups in total. The first kappa shape index (κ1) is 19.4. The number of rotatable bonds is 5. The number of piperidine rings is 1. The highest BCUT2D eigenvalue weighted by molar-refractivity contribution is 5.68. The summed E-state index contributed by atoms with van der Waals surface area (Å²) in [6.45, 7) is 7.15. The molecule has 0 aliphatic carbocycles. The number of ether oxygens (including phenoxy) is 2. The number of methoxy groups -OCH3 is 1. The Balaban J connectivity index is 1.98. The second kappa shape index (κ2) is 8.41. The maximum Gasteiger partial charge on any atom is 0.410 e. The van der Waals surface area contributed by atoms with Crippen LogP contribution in [0.5, 0.6) is 0 Å². The first-order valence-corrected chi connectivity index (χ1v) is 9.06. The van der Waals surface area contributed by atoms with Crippen molar-refractivity contribution in [2.24, 2.45) is 5.41 Å². The summed E-state index contributed by atoms with van der Waals surface area (Å²) in [4.78, 5) is 14.1. The van der Waals surface area contributed by atoms with Crippen LogP contribution in [0.25, 0.3) is 0 Å². The first-order chi connectivity index (χ1) is 11.8. The minimum Gasteiger partial charge on any atom is -0.505 e. The van der Waals surface area contributed by atoms with E-state index in [1.165, 1.54) is 5.56 Å². The average molecular weight is 345 g/mol. The van der Waals surface area contributed by atoms with Crippen molar-refractivity contribution in [1.29, 1.82) is 0 Å². The highest BCUT2D eigenvalue weighted by Crippen LogP contribution is 2.38. The van der Waals surface area contributed by atoms with Crippen molar-refractivity contribution in [3.63, 3.8) is 0 Å². The van der Waals surface area contributed by atoms with Gasteiger partial charge in [0, 0.05) is 13.1 Å². The highest BCUT2D eigenvalue weighted by Gasteiger charge is 2.35. The maximum absolute atomic E-state index is 12.3. The third-order valence-electron chi connectivity index (χ3n) is 4.72. The smallest absolute Gasteiger partial charge is 0.410 e. The lowest BCUT2D eigenvalue weighted by molar-refractivity contribution is 0.0136. The molecule has 138 valence electrons. The summed E-state index contributed by atoms with van der Waals surface area (Å²) in [5, 5.41) is 0. The van der Waals surface area contributed by atoms with Gasteiger partial charge in [-0.2, -0.15) is 0 Å². The van der Waals surface area contributed by atoms with Crippen LogP contribution in [-0.4, -0.2) is 36.8 Å². The molecule has 1 aliphatic rings. The molecule has 1 heterocycles. The number of allylic oxidation sites excluding steroid dienone is 1. The van der Waals surface area contributed by atoms with Crippen LogP contribution in [0.15, 0.2) is 42.7 Å². The number of amides is 1. The SMILES string of the molecule is CO/C=C/C1(CCc2ccccc2)CCN(C(=O)OC(C)(C)C)CC1. The van der Waals surface area contributed by atoms with E-state index in [0.717, 1.165) is 38.8 Å². The van der Waals surface area contributed by atoms with Crippen LogP contribution >= 0.6 is 0 Å². The van der Waals surface area contributed by atoms with Crippen molar-refractivity contribution in [2.75, 3.05) is 20.2 Å². The Labute approximate surface area is 151 Å². The van der Waals surface area contributed by atoms with Gasteiger partial charge in [-0.25, -0.2) is 4.79 Å². The molecule has 0 saturated carbocycles. The third kappa shape index (κ3) is 6.11. The normalized spacial score (nSPS) is 17.5. The van der Waals surface area contributed by atoms with Gasteiger partial charge in [-0.1, -0.05) is 30.3 Å². The van der Waals surface area contributed by atoms with Gasteiger partial charge < -0.3 is 14.4 Å². The van der Waals surface area contributed by atoms with Gasteiger partial charge in [-0.05, 0) is 63.5 Å². The Hall–Kier alpha value is -1.97. The van der Waals surface area contributed by atoms with E-state index < -0.39 is 5.60 Å². The monoisotopic (exact) mass is 345 g/mol. The van der Waals surface area contributed by atoms with Crippen molar-refractivity contribution in [3.05, 3.63) is 48.2 Å². The Bertz CT molecular complexity index is 567. The van der Waals surface area contributed by atoms with E-state index in [4.69, 9.17) is 9.47 Å². The van der Waals surface area contributed by atoms with Crippen LogP contribution in [0.1, 0.15) is 45.6 Å². The van der Waals surface area contributed by atoms with Gasteiger partial charge in [-0.3, -0.25) is 0 Å². The highest BCUT2D eigenvalue weighted by atomic mass is 16.6. The number of benzene rings is 1. The molecule has 1 aliphatic heterocycles. The van der Waals surface area contributed by atoms with Crippen molar-refractivity contribution >= 4 is 6.09 Å². The molecule has 0 atom stereocenters. The van der Waals surface area contributed by atoms with Gasteiger partial charge in [0.1, 0.15) is 5.60 Å². The molecule has 1 saturated heterocycles. The van der Waals surface area contributed by atoms with E-state index >= 15 is 0 Å². The Morgan fingerprint density at radius 1 is 1.20 bits per heavy atom. The second-order valence-electron chi connectivity index (χ2n) is 7.85. The lowest BCUT2D eigenvalue weighted by Gasteiger charge is -2.40. The standard InChI is InChI=1S/C21H31NO3/c1-20(2,3)25-19(23)22-15-12-21(13-16-22,14-17-24-4)11-10-18-8-6-5-7-9-18/h5-9,14,17H,10-13,15-16H2,1-4H3/b17-14+. The topological polar surface area (TPSA) is 38.8 Å². The van der Waals surface area contributed by atoms with Gasteiger partial charge in [0.15, 0.2) is 0 Å². The molecule has 1 aromatic carbocycles. The van der Waals surface area contributed by atoms with Crippen molar-refractivity contribution < 1.29 is 14.3 Å². The molecule has 1 aromatic rings. The van der Waals surface area contributed by atoms with Crippen LogP contribution in [0.4, 0.5) is 4.79 Å². The molecule has 25 heavy (non-hydrogen) atoms. The summed E-state index contributed by atoms with van der Waals surface area (Å²) in [5.41, 5.74) is 0.974. The lowest BCUT2D eigenvalue weighted by Crippen LogP contribution is -2.44. The van der Waals surface area contributed by atoms with Crippen LogP contribution in [0.3, 0.4) is 0 Å². The van der Waals surface area contributed by atoms with Gasteiger partial charge >= 0.3 is 6.09 Å². The lowest BCUT2D eigenvalue weighted by atomic mass is 9.74. The molecular formula is C21H31NO3. The molecule has 2 rings (SSSR count). The van der Waals surface area contributed by atoms with Crippen molar-refractivity contribution in [3.8, 4) is 0 Å². The summed E-state index contributed by atoms with van der Waals surface area (Å²) in [5.74, 6) is 0. The van der Waals surface area contributed by atoms with E-state index in [1.807, 2.05) is 31.7 Å². The van der Waals surface area contributed by atoms with Gasteiger partial charge in [0.05, 0.1) is 13.4 Å². The predicted molar refractivity (Wildman–Crippen MR) is 100 cm³/mol. The van der Waals surface area contributed by atoms with Gasteiger partial charge in [0.25, 0.3) is 0 Å². The van der Waals surface area contributed by atoms with E-state index in [-0.39, 0.29) is 11.5 Å². The molecule has 1 amide bonds. The summed E-state index contributed by atoms with van der Waals surface area (Å²) < 4.78 is 10.7. The van der Waals surface area contributed by atoms with Crippen LogP contribution in [0.2, 0.25) is 0 Å². The summed E-state index contributed by atoms with van der Waals surface area (Å²) >= 11 is 0. The van der Waals surface area contributed by atoms with Crippen LogP contribution in [0, 0.1) is 5.41 Å². The molecule has 0 unspecified atom stereocenters. The third-order valence-corrected chi connectivity index (χ3v) is 4.72. The van der Waals surface area contributed by atoms with Crippen molar-refractivity contribution in [1.82, 2.24) is 4.90 Å². The fourth-order valence-electron chi connectivity index (χ4n) is 3.21. The zero-order chi connectivity index (χ0) is 18.3. The van der Waals surface area contributed by atoms with Crippen LogP contribution in [-0.2, 0) is 15.9 Å². The average Bonchev–Trinajstić information content (AvgIpc) is 2.58. The van der Waals surface area contributed by atoms with Gasteiger partial charge in [0.2, 0.25) is 0 Å². The first-order valence-electron chi connectivity index (χ1n) is 9.06. The molecule has 0 aromatic heterocycles. The number of hydrogen-bond donors (Lipinski definition) is 0. The molecule has 0 spiro atoms. The quantitative estimate of drug-likeness (QED) is 0.720. The fraction of sp³-hybridized carbons (Fsp3) is 0.571. The van der Waals surface area contributed by atoms with E-state index in [0.29, 0.717) is 0 Å².